The van der Waals surface area contributed by atoms with Crippen LogP contribution in [0.3, 0.4) is 0 Å². The van der Waals surface area contributed by atoms with E-state index in [2.05, 4.69) is 92.9 Å². The zero-order chi connectivity index (χ0) is 17.9. The lowest BCUT2D eigenvalue weighted by molar-refractivity contribution is 0.0176. The maximum atomic E-state index is 2.69. The Morgan fingerprint density at radius 3 is 1.41 bits per heavy atom. The van der Waals surface area contributed by atoms with Gasteiger partial charge in [0.15, 0.2) is 0 Å². The molecule has 0 heterocycles. The van der Waals surface area contributed by atoms with Crippen molar-refractivity contribution in [2.24, 2.45) is 11.3 Å². The molecule has 0 aromatic heterocycles. The average molecular weight is 313 g/mol. The Bertz CT molecular complexity index is 310. The Labute approximate surface area is 141 Å². The molecule has 0 rings (SSSR count). The lowest BCUT2D eigenvalue weighted by Crippen LogP contribution is -2.54. The van der Waals surface area contributed by atoms with Crippen LogP contribution in [0.1, 0.15) is 83.1 Å². The molecule has 0 radical (unpaired) electrons. The van der Waals surface area contributed by atoms with Gasteiger partial charge in [0, 0.05) is 36.8 Å². The van der Waals surface area contributed by atoms with Crippen molar-refractivity contribution in [3.05, 3.63) is 0 Å². The second kappa shape index (κ2) is 8.15. The summed E-state index contributed by atoms with van der Waals surface area (Å²) in [5.74, 6) is 0.696. The second-order valence-corrected chi connectivity index (χ2v) is 9.81. The van der Waals surface area contributed by atoms with Crippen LogP contribution in [0.4, 0.5) is 0 Å². The SMILES string of the molecule is CC(C)C(C)N(CC(C)(C)CN(C(C)C)C(C)(C)C)C(C)C. The quantitative estimate of drug-likeness (QED) is 0.602. The molecule has 0 saturated heterocycles. The van der Waals surface area contributed by atoms with Crippen LogP contribution in [0.2, 0.25) is 0 Å². The van der Waals surface area contributed by atoms with Gasteiger partial charge in [-0.05, 0) is 66.7 Å². The summed E-state index contributed by atoms with van der Waals surface area (Å²) in [6, 6.07) is 1.80. The second-order valence-electron chi connectivity index (χ2n) is 9.81. The normalized spacial score (nSPS) is 15.7. The largest absolute Gasteiger partial charge is 0.297 e. The van der Waals surface area contributed by atoms with Gasteiger partial charge in [-0.2, -0.15) is 0 Å². The lowest BCUT2D eigenvalue weighted by atomic mass is 9.87. The van der Waals surface area contributed by atoms with Crippen LogP contribution in [0, 0.1) is 11.3 Å². The lowest BCUT2D eigenvalue weighted by Gasteiger charge is -2.47. The van der Waals surface area contributed by atoms with Gasteiger partial charge < -0.3 is 0 Å². The summed E-state index contributed by atoms with van der Waals surface area (Å²) < 4.78 is 0. The van der Waals surface area contributed by atoms with Crippen LogP contribution in [0.5, 0.6) is 0 Å². The van der Waals surface area contributed by atoms with Crippen molar-refractivity contribution in [3.8, 4) is 0 Å². The molecule has 0 fully saturated rings. The third kappa shape index (κ3) is 7.00. The minimum absolute atomic E-state index is 0.220. The summed E-state index contributed by atoms with van der Waals surface area (Å²) in [5.41, 5.74) is 0.503. The van der Waals surface area contributed by atoms with Crippen molar-refractivity contribution in [3.63, 3.8) is 0 Å². The highest BCUT2D eigenvalue weighted by Gasteiger charge is 2.33. The summed E-state index contributed by atoms with van der Waals surface area (Å²) in [7, 11) is 0. The van der Waals surface area contributed by atoms with Gasteiger partial charge in [-0.3, -0.25) is 9.80 Å². The van der Waals surface area contributed by atoms with E-state index in [9.17, 15) is 0 Å². The summed E-state index contributed by atoms with van der Waals surface area (Å²) in [5, 5.41) is 0. The van der Waals surface area contributed by atoms with E-state index in [1.807, 2.05) is 0 Å². The standard InChI is InChI=1S/C20H44N2/c1-15(2)18(7)21(16(3)4)13-20(11,12)14-22(17(5)6)19(8,9)10/h15-18H,13-14H2,1-12H3. The van der Waals surface area contributed by atoms with E-state index in [4.69, 9.17) is 0 Å². The summed E-state index contributed by atoms with van der Waals surface area (Å²) >= 11 is 0. The van der Waals surface area contributed by atoms with Crippen LogP contribution < -0.4 is 0 Å². The monoisotopic (exact) mass is 312 g/mol. The molecule has 0 N–H and O–H groups in total. The van der Waals surface area contributed by atoms with Gasteiger partial charge in [-0.25, -0.2) is 0 Å². The van der Waals surface area contributed by atoms with Crippen LogP contribution >= 0.6 is 0 Å². The van der Waals surface area contributed by atoms with E-state index >= 15 is 0 Å². The average Bonchev–Trinajstić information content (AvgIpc) is 2.30. The molecule has 1 atom stereocenters. The Balaban J connectivity index is 5.12. The van der Waals surface area contributed by atoms with E-state index in [0.717, 1.165) is 13.1 Å². The van der Waals surface area contributed by atoms with Gasteiger partial charge in [0.1, 0.15) is 0 Å². The van der Waals surface area contributed by atoms with Crippen molar-refractivity contribution < 1.29 is 0 Å². The third-order valence-electron chi connectivity index (χ3n) is 4.85. The zero-order valence-electron chi connectivity index (χ0n) is 17.6. The first-order valence-electron chi connectivity index (χ1n) is 9.21. The first-order valence-corrected chi connectivity index (χ1v) is 9.21. The van der Waals surface area contributed by atoms with Crippen LogP contribution in [-0.4, -0.2) is 46.6 Å². The molecule has 0 spiro atoms. The first-order chi connectivity index (χ1) is 9.69. The van der Waals surface area contributed by atoms with Gasteiger partial charge in [-0.15, -0.1) is 0 Å². The minimum Gasteiger partial charge on any atom is -0.297 e. The molecule has 0 aromatic rings. The number of hydrogen-bond acceptors (Lipinski definition) is 2. The molecule has 0 amide bonds. The maximum Gasteiger partial charge on any atom is 0.0127 e. The predicted molar refractivity (Wildman–Crippen MR) is 102 cm³/mol. The van der Waals surface area contributed by atoms with Gasteiger partial charge in [0.2, 0.25) is 0 Å². The van der Waals surface area contributed by atoms with Crippen molar-refractivity contribution >= 4 is 0 Å². The van der Waals surface area contributed by atoms with Gasteiger partial charge in [0.25, 0.3) is 0 Å². The Morgan fingerprint density at radius 2 is 1.14 bits per heavy atom. The smallest absolute Gasteiger partial charge is 0.0127 e. The Hall–Kier alpha value is -0.0800. The molecule has 2 heteroatoms. The molecular weight excluding hydrogens is 268 g/mol. The minimum atomic E-state index is 0.220. The fourth-order valence-electron chi connectivity index (χ4n) is 3.38. The molecule has 22 heavy (non-hydrogen) atoms. The van der Waals surface area contributed by atoms with E-state index in [1.54, 1.807) is 0 Å². The summed E-state index contributed by atoms with van der Waals surface area (Å²) in [6.07, 6.45) is 0. The zero-order valence-corrected chi connectivity index (χ0v) is 17.6. The molecule has 0 aliphatic heterocycles. The predicted octanol–water partition coefficient (Wildman–Crippen LogP) is 5.28. The molecule has 134 valence electrons. The van der Waals surface area contributed by atoms with E-state index in [1.165, 1.54) is 0 Å². The maximum absolute atomic E-state index is 2.69. The molecule has 1 unspecified atom stereocenters. The number of nitrogens with zero attached hydrogens (tertiary/aromatic N) is 2. The Kier molecular flexibility index (Phi) is 8.12. The Morgan fingerprint density at radius 1 is 0.682 bits per heavy atom. The first kappa shape index (κ1) is 21.9. The van der Waals surface area contributed by atoms with Crippen molar-refractivity contribution in [2.75, 3.05) is 13.1 Å². The highest BCUT2D eigenvalue weighted by molar-refractivity contribution is 4.88. The number of hydrogen-bond donors (Lipinski definition) is 0. The summed E-state index contributed by atoms with van der Waals surface area (Å²) in [4.78, 5) is 5.33. The summed E-state index contributed by atoms with van der Waals surface area (Å²) in [6.45, 7) is 30.5. The van der Waals surface area contributed by atoms with Crippen LogP contribution in [-0.2, 0) is 0 Å². The van der Waals surface area contributed by atoms with E-state index < -0.39 is 0 Å². The molecule has 0 aromatic carbocycles. The fraction of sp³-hybridized carbons (Fsp3) is 1.00. The molecule has 0 aliphatic rings. The van der Waals surface area contributed by atoms with Crippen LogP contribution in [0.25, 0.3) is 0 Å². The highest BCUT2D eigenvalue weighted by Crippen LogP contribution is 2.28. The molecular formula is C20H44N2. The molecule has 2 nitrogen and oxygen atoms in total. The van der Waals surface area contributed by atoms with Crippen LogP contribution in [0.15, 0.2) is 0 Å². The van der Waals surface area contributed by atoms with E-state index in [0.29, 0.717) is 24.0 Å². The van der Waals surface area contributed by atoms with E-state index in [-0.39, 0.29) is 11.0 Å². The van der Waals surface area contributed by atoms with Crippen molar-refractivity contribution in [2.45, 2.75) is 107 Å². The van der Waals surface area contributed by atoms with Crippen molar-refractivity contribution in [1.29, 1.82) is 0 Å². The third-order valence-corrected chi connectivity index (χ3v) is 4.85. The number of rotatable bonds is 8. The van der Waals surface area contributed by atoms with Gasteiger partial charge in [-0.1, -0.05) is 27.7 Å². The highest BCUT2D eigenvalue weighted by atomic mass is 15.2. The topological polar surface area (TPSA) is 6.48 Å². The fourth-order valence-corrected chi connectivity index (χ4v) is 3.38. The molecule has 0 aliphatic carbocycles. The van der Waals surface area contributed by atoms with Crippen molar-refractivity contribution in [1.82, 2.24) is 9.80 Å². The molecule has 0 bridgehead atoms. The van der Waals surface area contributed by atoms with Gasteiger partial charge >= 0.3 is 0 Å². The molecule has 0 saturated carbocycles. The van der Waals surface area contributed by atoms with Gasteiger partial charge in [0.05, 0.1) is 0 Å².